The fraction of sp³-hybridized carbons (Fsp3) is 0.167. The number of hydrogen-bond acceptors (Lipinski definition) is 5. The molecule has 2 N–H and O–H groups in total. The number of hydrogen-bond donors (Lipinski definition) is 2. The number of fused-ring (bicyclic) bond motifs is 1. The van der Waals surface area contributed by atoms with Crippen molar-refractivity contribution in [2.45, 2.75) is 26.6 Å². The lowest BCUT2D eigenvalue weighted by Crippen LogP contribution is -2.28. The maximum Gasteiger partial charge on any atom is 0.416 e. The number of benzene rings is 2. The molecule has 0 atom stereocenters. The van der Waals surface area contributed by atoms with Gasteiger partial charge in [-0.1, -0.05) is 12.1 Å². The molecule has 186 valence electrons. The van der Waals surface area contributed by atoms with Crippen molar-refractivity contribution in [3.8, 4) is 0 Å². The number of carbonyl (C=O) groups is 2. The van der Waals surface area contributed by atoms with Gasteiger partial charge in [0.05, 0.1) is 27.8 Å². The van der Waals surface area contributed by atoms with Crippen LogP contribution in [0.15, 0.2) is 58.1 Å². The number of nitrogens with zero attached hydrogens (tertiary/aromatic N) is 2. The topological polar surface area (TPSA) is 93.1 Å². The average Bonchev–Trinajstić information content (AvgIpc) is 3.14. The number of nitrogens with one attached hydrogen (secondary N) is 2. The maximum absolute atomic E-state index is 13.1. The minimum absolute atomic E-state index is 0.0511. The van der Waals surface area contributed by atoms with E-state index in [0.29, 0.717) is 25.4 Å². The molecule has 0 aliphatic carbocycles. The number of alkyl halides is 3. The molecule has 2 aromatic carbocycles. The van der Waals surface area contributed by atoms with E-state index >= 15 is 0 Å². The molecular weight excluding hydrogens is 561 g/mol. The molecule has 2 amide bonds. The first-order chi connectivity index (χ1) is 16.9. The number of thiophene rings is 1. The van der Waals surface area contributed by atoms with Crippen LogP contribution in [0, 0.1) is 13.8 Å². The molecular formula is C24H18BrF3N4O3S. The first-order valence-corrected chi connectivity index (χ1v) is 12.1. The molecule has 0 fully saturated rings. The third-order valence-corrected chi connectivity index (χ3v) is 7.14. The fourth-order valence-electron chi connectivity index (χ4n) is 3.52. The van der Waals surface area contributed by atoms with Gasteiger partial charge in [0.1, 0.15) is 11.4 Å². The first kappa shape index (κ1) is 25.6. The van der Waals surface area contributed by atoms with Gasteiger partial charge in [0.2, 0.25) is 5.91 Å². The van der Waals surface area contributed by atoms with Crippen molar-refractivity contribution in [1.82, 2.24) is 9.55 Å². The van der Waals surface area contributed by atoms with Crippen molar-refractivity contribution in [2.24, 2.45) is 0 Å². The van der Waals surface area contributed by atoms with Crippen molar-refractivity contribution < 1.29 is 22.8 Å². The molecule has 2 heterocycles. The van der Waals surface area contributed by atoms with Crippen LogP contribution in [0.4, 0.5) is 24.5 Å². The van der Waals surface area contributed by atoms with Gasteiger partial charge in [-0.05, 0) is 71.2 Å². The Morgan fingerprint density at radius 2 is 1.86 bits per heavy atom. The van der Waals surface area contributed by atoms with Gasteiger partial charge >= 0.3 is 6.18 Å². The molecule has 0 saturated heterocycles. The van der Waals surface area contributed by atoms with Crippen LogP contribution >= 0.6 is 27.3 Å². The highest BCUT2D eigenvalue weighted by Gasteiger charge is 2.30. The summed E-state index contributed by atoms with van der Waals surface area (Å²) < 4.78 is 40.5. The highest BCUT2D eigenvalue weighted by Crippen LogP contribution is 2.31. The maximum atomic E-state index is 13.1. The number of amides is 2. The highest BCUT2D eigenvalue weighted by atomic mass is 79.9. The smallest absolute Gasteiger partial charge is 0.325 e. The molecule has 0 aliphatic heterocycles. The van der Waals surface area contributed by atoms with Gasteiger partial charge in [0, 0.05) is 10.2 Å². The minimum atomic E-state index is -4.55. The van der Waals surface area contributed by atoms with Crippen molar-refractivity contribution in [3.63, 3.8) is 0 Å². The average molecular weight is 579 g/mol. The largest absolute Gasteiger partial charge is 0.416 e. The van der Waals surface area contributed by atoms with E-state index in [9.17, 15) is 27.6 Å². The van der Waals surface area contributed by atoms with E-state index in [1.807, 2.05) is 19.1 Å². The number of rotatable bonds is 5. The van der Waals surface area contributed by atoms with Crippen molar-refractivity contribution in [3.05, 3.63) is 85.2 Å². The highest BCUT2D eigenvalue weighted by molar-refractivity contribution is 9.10. The summed E-state index contributed by atoms with van der Waals surface area (Å²) in [5.41, 5.74) is 0.506. The number of carbonyl (C=O) groups excluding carboxylic acids is 2. The second kappa shape index (κ2) is 9.86. The predicted molar refractivity (Wildman–Crippen MR) is 136 cm³/mol. The molecule has 0 unspecified atom stereocenters. The van der Waals surface area contributed by atoms with Crippen molar-refractivity contribution in [1.29, 1.82) is 0 Å². The molecule has 4 aromatic rings. The fourth-order valence-corrected chi connectivity index (χ4v) is 5.14. The molecule has 12 heteroatoms. The lowest BCUT2D eigenvalue weighted by molar-refractivity contribution is -0.137. The summed E-state index contributed by atoms with van der Waals surface area (Å²) in [7, 11) is 0. The Morgan fingerprint density at radius 1 is 1.11 bits per heavy atom. The van der Waals surface area contributed by atoms with Crippen molar-refractivity contribution >= 4 is 60.7 Å². The van der Waals surface area contributed by atoms with E-state index in [1.54, 1.807) is 13.0 Å². The van der Waals surface area contributed by atoms with Crippen LogP contribution in [0.3, 0.4) is 0 Å². The standard InChI is InChI=1S/C24H18BrF3N4O3S/c1-12-6-7-17(16(25)8-12)31-21(34)20-13(2)19-22(36-20)29-11-32(23(19)35)10-18(33)30-15-5-3-4-14(9-15)24(26,27)28/h3-9,11H,10H2,1-2H3,(H,30,33)(H,31,34). The van der Waals surface area contributed by atoms with Crippen LogP contribution in [0.25, 0.3) is 10.2 Å². The summed E-state index contributed by atoms with van der Waals surface area (Å²) >= 11 is 4.46. The summed E-state index contributed by atoms with van der Waals surface area (Å²) in [5, 5.41) is 5.37. The molecule has 36 heavy (non-hydrogen) atoms. The molecule has 0 bridgehead atoms. The van der Waals surface area contributed by atoms with Gasteiger partial charge in [-0.25, -0.2) is 4.98 Å². The number of aryl methyl sites for hydroxylation is 2. The summed E-state index contributed by atoms with van der Waals surface area (Å²) in [6, 6.07) is 9.66. The SMILES string of the molecule is Cc1ccc(NC(=O)c2sc3ncn(CC(=O)Nc4cccc(C(F)(F)F)c4)c(=O)c3c2C)c(Br)c1. The van der Waals surface area contributed by atoms with Gasteiger partial charge < -0.3 is 10.6 Å². The van der Waals surface area contributed by atoms with Gasteiger partial charge in [-0.15, -0.1) is 11.3 Å². The normalized spacial score (nSPS) is 11.5. The summed E-state index contributed by atoms with van der Waals surface area (Å²) in [6.45, 7) is 3.07. The quantitative estimate of drug-likeness (QED) is 0.315. The molecule has 2 aromatic heterocycles. The van der Waals surface area contributed by atoms with Gasteiger partial charge in [-0.3, -0.25) is 19.0 Å². The van der Waals surface area contributed by atoms with E-state index in [2.05, 4.69) is 31.5 Å². The van der Waals surface area contributed by atoms with Gasteiger partial charge in [-0.2, -0.15) is 13.2 Å². The number of anilines is 2. The van der Waals surface area contributed by atoms with E-state index < -0.39 is 35.7 Å². The Hall–Kier alpha value is -3.51. The van der Waals surface area contributed by atoms with Gasteiger partial charge in [0.25, 0.3) is 11.5 Å². The second-order valence-corrected chi connectivity index (χ2v) is 9.83. The van der Waals surface area contributed by atoms with E-state index in [0.717, 1.165) is 33.6 Å². The Morgan fingerprint density at radius 3 is 2.56 bits per heavy atom. The molecule has 0 radical (unpaired) electrons. The lowest BCUT2D eigenvalue weighted by atomic mass is 10.2. The second-order valence-electron chi connectivity index (χ2n) is 7.98. The lowest BCUT2D eigenvalue weighted by Gasteiger charge is -2.10. The Balaban J connectivity index is 1.56. The van der Waals surface area contributed by atoms with E-state index in [-0.39, 0.29) is 11.1 Å². The van der Waals surface area contributed by atoms with Gasteiger partial charge in [0.15, 0.2) is 0 Å². The Bertz CT molecular complexity index is 1560. The van der Waals surface area contributed by atoms with Crippen LogP contribution in [-0.2, 0) is 17.5 Å². The molecule has 0 saturated carbocycles. The third kappa shape index (κ3) is 5.34. The number of aromatic nitrogens is 2. The molecule has 0 aliphatic rings. The van der Waals surface area contributed by atoms with Crippen molar-refractivity contribution in [2.75, 3.05) is 10.6 Å². The zero-order valence-corrected chi connectivity index (χ0v) is 21.3. The Kier molecular flexibility index (Phi) is 7.01. The van der Waals surface area contributed by atoms with Crippen LogP contribution in [-0.4, -0.2) is 21.4 Å². The zero-order valence-electron chi connectivity index (χ0n) is 18.9. The molecule has 7 nitrogen and oxygen atoms in total. The Labute approximate surface area is 215 Å². The summed E-state index contributed by atoms with van der Waals surface area (Å²) in [5.74, 6) is -1.11. The van der Waals surface area contributed by atoms with Crippen LogP contribution < -0.4 is 16.2 Å². The monoisotopic (exact) mass is 578 g/mol. The summed E-state index contributed by atoms with van der Waals surface area (Å²) in [4.78, 5) is 43.3. The zero-order chi connectivity index (χ0) is 26.2. The molecule has 4 rings (SSSR count). The van der Waals surface area contributed by atoms with Crippen LogP contribution in [0.2, 0.25) is 0 Å². The minimum Gasteiger partial charge on any atom is -0.325 e. The van der Waals surface area contributed by atoms with Crippen LogP contribution in [0.1, 0.15) is 26.4 Å². The molecule has 0 spiro atoms. The van der Waals surface area contributed by atoms with Crippen LogP contribution in [0.5, 0.6) is 0 Å². The summed E-state index contributed by atoms with van der Waals surface area (Å²) in [6.07, 6.45) is -3.38. The number of halogens is 4. The predicted octanol–water partition coefficient (Wildman–Crippen LogP) is 5.75. The van der Waals surface area contributed by atoms with E-state index in [4.69, 9.17) is 0 Å². The third-order valence-electron chi connectivity index (χ3n) is 5.28. The van der Waals surface area contributed by atoms with E-state index in [1.165, 1.54) is 18.5 Å². The first-order valence-electron chi connectivity index (χ1n) is 10.5.